The molecule has 0 spiro atoms. The minimum absolute atomic E-state index is 0.155. The molecule has 0 bridgehead atoms. The van der Waals surface area contributed by atoms with Crippen molar-refractivity contribution in [1.29, 1.82) is 0 Å². The predicted octanol–water partition coefficient (Wildman–Crippen LogP) is 2.02. The fourth-order valence-corrected chi connectivity index (χ4v) is 0.167. The number of hydrogen-bond donors (Lipinski definition) is 1. The fraction of sp³-hybridized carbons (Fsp3) is 0.333. The van der Waals surface area contributed by atoms with Gasteiger partial charge in [-0.1, -0.05) is 12.7 Å². The van der Waals surface area contributed by atoms with Crippen molar-refractivity contribution in [3.05, 3.63) is 24.0 Å². The molecule has 0 atom stereocenters. The van der Waals surface area contributed by atoms with Crippen LogP contribution >= 0.6 is 0 Å². The number of aliphatic hydroxyl groups is 1. The molecule has 0 fully saturated rings. The molecule has 7 heavy (non-hydrogen) atoms. The Hall–Kier alpha value is -0.720. The number of rotatable bonds is 1. The van der Waals surface area contributed by atoms with Gasteiger partial charge in [0.2, 0.25) is 0 Å². The van der Waals surface area contributed by atoms with Gasteiger partial charge in [0.15, 0.2) is 0 Å². The van der Waals surface area contributed by atoms with Crippen LogP contribution in [0.25, 0.3) is 0 Å². The lowest BCUT2D eigenvalue weighted by molar-refractivity contribution is 0.426. The Kier molecular flexibility index (Phi) is 2.20. The first-order valence-corrected chi connectivity index (χ1v) is 2.19. The van der Waals surface area contributed by atoms with Gasteiger partial charge >= 0.3 is 0 Å². The normalized spacial score (nSPS) is 11.4. The molecule has 0 amide bonds. The molecule has 0 aromatic carbocycles. The van der Waals surface area contributed by atoms with E-state index in [4.69, 9.17) is 5.11 Å². The fourth-order valence-electron chi connectivity index (χ4n) is 0.167. The van der Waals surface area contributed by atoms with Crippen LogP contribution in [0.4, 0.5) is 0 Å². The standard InChI is InChI=1S/C6H10O/c1-4-5(2)6(3)7/h4,7H,3H2,1-2H3. The van der Waals surface area contributed by atoms with Crippen molar-refractivity contribution < 1.29 is 5.11 Å². The summed E-state index contributed by atoms with van der Waals surface area (Å²) in [5.41, 5.74) is 0.833. The van der Waals surface area contributed by atoms with Crippen LogP contribution in [0.5, 0.6) is 0 Å². The molecule has 0 rings (SSSR count). The van der Waals surface area contributed by atoms with Crippen molar-refractivity contribution in [2.45, 2.75) is 13.8 Å². The first-order valence-electron chi connectivity index (χ1n) is 2.19. The summed E-state index contributed by atoms with van der Waals surface area (Å²) in [6.07, 6.45) is 1.81. The van der Waals surface area contributed by atoms with Crippen molar-refractivity contribution in [1.82, 2.24) is 0 Å². The van der Waals surface area contributed by atoms with Gasteiger partial charge in [0.05, 0.1) is 0 Å². The van der Waals surface area contributed by atoms with Gasteiger partial charge in [0.25, 0.3) is 0 Å². The Morgan fingerprint density at radius 2 is 2.14 bits per heavy atom. The summed E-state index contributed by atoms with van der Waals surface area (Å²) in [5.74, 6) is 0.155. The summed E-state index contributed by atoms with van der Waals surface area (Å²) in [4.78, 5) is 0. The van der Waals surface area contributed by atoms with Crippen LogP contribution in [0.2, 0.25) is 0 Å². The van der Waals surface area contributed by atoms with E-state index >= 15 is 0 Å². The van der Waals surface area contributed by atoms with E-state index in [9.17, 15) is 0 Å². The number of aliphatic hydroxyl groups excluding tert-OH is 1. The van der Waals surface area contributed by atoms with Crippen LogP contribution < -0.4 is 0 Å². The molecule has 1 heteroatoms. The van der Waals surface area contributed by atoms with E-state index in [-0.39, 0.29) is 5.76 Å². The van der Waals surface area contributed by atoms with Crippen LogP contribution in [-0.4, -0.2) is 5.11 Å². The maximum Gasteiger partial charge on any atom is 0.110 e. The zero-order valence-electron chi connectivity index (χ0n) is 4.73. The molecule has 0 saturated heterocycles. The van der Waals surface area contributed by atoms with Gasteiger partial charge in [-0.25, -0.2) is 0 Å². The van der Waals surface area contributed by atoms with Gasteiger partial charge in [-0.15, -0.1) is 0 Å². The molecule has 40 valence electrons. The molecular weight excluding hydrogens is 88.1 g/mol. The van der Waals surface area contributed by atoms with E-state index in [1.54, 1.807) is 0 Å². The highest BCUT2D eigenvalue weighted by molar-refractivity contribution is 5.17. The van der Waals surface area contributed by atoms with Crippen molar-refractivity contribution in [2.24, 2.45) is 0 Å². The third-order valence-corrected chi connectivity index (χ3v) is 0.888. The lowest BCUT2D eigenvalue weighted by Gasteiger charge is -1.91. The highest BCUT2D eigenvalue weighted by Gasteiger charge is 1.84. The highest BCUT2D eigenvalue weighted by Crippen LogP contribution is 1.99. The van der Waals surface area contributed by atoms with Crippen LogP contribution in [-0.2, 0) is 0 Å². The van der Waals surface area contributed by atoms with Gasteiger partial charge in [0, 0.05) is 0 Å². The Morgan fingerprint density at radius 1 is 1.71 bits per heavy atom. The van der Waals surface area contributed by atoms with E-state index in [1.807, 2.05) is 19.9 Å². The quantitative estimate of drug-likeness (QED) is 0.393. The molecule has 0 aromatic heterocycles. The summed E-state index contributed by atoms with van der Waals surface area (Å²) in [6.45, 7) is 6.98. The monoisotopic (exact) mass is 98.1 g/mol. The molecule has 0 unspecified atom stereocenters. The number of hydrogen-bond acceptors (Lipinski definition) is 1. The molecule has 0 aliphatic rings. The van der Waals surface area contributed by atoms with Crippen LogP contribution in [0.15, 0.2) is 24.0 Å². The Balaban J connectivity index is 3.82. The third kappa shape index (κ3) is 2.04. The van der Waals surface area contributed by atoms with Crippen molar-refractivity contribution in [2.75, 3.05) is 0 Å². The second-order valence-electron chi connectivity index (χ2n) is 1.42. The first kappa shape index (κ1) is 6.28. The van der Waals surface area contributed by atoms with Crippen molar-refractivity contribution >= 4 is 0 Å². The largest absolute Gasteiger partial charge is 0.508 e. The summed E-state index contributed by atoms with van der Waals surface area (Å²) in [7, 11) is 0. The van der Waals surface area contributed by atoms with Gasteiger partial charge in [-0.05, 0) is 19.4 Å². The molecule has 0 radical (unpaired) electrons. The van der Waals surface area contributed by atoms with Crippen molar-refractivity contribution in [3.63, 3.8) is 0 Å². The van der Waals surface area contributed by atoms with Crippen LogP contribution in [0, 0.1) is 0 Å². The zero-order chi connectivity index (χ0) is 5.86. The minimum atomic E-state index is 0.155. The highest BCUT2D eigenvalue weighted by atomic mass is 16.3. The molecule has 0 heterocycles. The summed E-state index contributed by atoms with van der Waals surface area (Å²) in [6, 6.07) is 0. The second-order valence-corrected chi connectivity index (χ2v) is 1.42. The van der Waals surface area contributed by atoms with Crippen LogP contribution in [0.3, 0.4) is 0 Å². The van der Waals surface area contributed by atoms with E-state index < -0.39 is 0 Å². The second kappa shape index (κ2) is 2.45. The Bertz CT molecular complexity index is 101. The zero-order valence-corrected chi connectivity index (χ0v) is 4.73. The molecule has 0 aliphatic heterocycles. The van der Waals surface area contributed by atoms with E-state index in [2.05, 4.69) is 6.58 Å². The SMILES string of the molecule is C=C(O)C(C)=CC. The smallest absolute Gasteiger partial charge is 0.110 e. The van der Waals surface area contributed by atoms with Gasteiger partial charge in [0.1, 0.15) is 5.76 Å². The lowest BCUT2D eigenvalue weighted by Crippen LogP contribution is -1.76. The third-order valence-electron chi connectivity index (χ3n) is 0.888. The molecule has 1 N–H and O–H groups in total. The average Bonchev–Trinajstić information content (AvgIpc) is 1.65. The van der Waals surface area contributed by atoms with E-state index in [0.29, 0.717) is 0 Å². The average molecular weight is 98.1 g/mol. The minimum Gasteiger partial charge on any atom is -0.508 e. The summed E-state index contributed by atoms with van der Waals surface area (Å²) < 4.78 is 0. The lowest BCUT2D eigenvalue weighted by atomic mass is 10.3. The maximum absolute atomic E-state index is 8.56. The predicted molar refractivity (Wildman–Crippen MR) is 31.2 cm³/mol. The van der Waals surface area contributed by atoms with Crippen LogP contribution in [0.1, 0.15) is 13.8 Å². The molecule has 0 saturated carbocycles. The molecule has 1 nitrogen and oxygen atoms in total. The summed E-state index contributed by atoms with van der Waals surface area (Å²) >= 11 is 0. The Labute approximate surface area is 44.0 Å². The van der Waals surface area contributed by atoms with Gasteiger partial charge < -0.3 is 5.11 Å². The van der Waals surface area contributed by atoms with E-state index in [0.717, 1.165) is 5.57 Å². The van der Waals surface area contributed by atoms with Gasteiger partial charge in [-0.2, -0.15) is 0 Å². The Morgan fingerprint density at radius 3 is 2.14 bits per heavy atom. The number of allylic oxidation sites excluding steroid dienone is 2. The maximum atomic E-state index is 8.56. The first-order chi connectivity index (χ1) is 3.18. The van der Waals surface area contributed by atoms with Gasteiger partial charge in [-0.3, -0.25) is 0 Å². The molecule has 0 aromatic rings. The molecular formula is C6H10O. The van der Waals surface area contributed by atoms with Crippen molar-refractivity contribution in [3.8, 4) is 0 Å². The van der Waals surface area contributed by atoms with E-state index in [1.165, 1.54) is 0 Å². The molecule has 0 aliphatic carbocycles. The summed E-state index contributed by atoms with van der Waals surface area (Å²) in [5, 5.41) is 8.56. The topological polar surface area (TPSA) is 20.2 Å².